The lowest BCUT2D eigenvalue weighted by atomic mass is 9.94. The third-order valence-corrected chi connectivity index (χ3v) is 2.72. The number of allylic oxidation sites excluding steroid dienone is 4. The first-order valence-corrected chi connectivity index (χ1v) is 5.26. The molecule has 1 aliphatic carbocycles. The molecule has 0 amide bonds. The van der Waals surface area contributed by atoms with Crippen LogP contribution in [0.15, 0.2) is 36.3 Å². The number of carbonyl (C=O) groups is 1. The number of carbonyl (C=O) groups excluding carboxylic acids is 1. The SMILES string of the molecule is [O]C1=CC=CC(c2ncc(Cl)cc2Cl)C1=O. The van der Waals surface area contributed by atoms with Crippen molar-refractivity contribution in [1.82, 2.24) is 4.98 Å². The van der Waals surface area contributed by atoms with Gasteiger partial charge in [0.15, 0.2) is 0 Å². The van der Waals surface area contributed by atoms with Crippen molar-refractivity contribution in [2.24, 2.45) is 0 Å². The quantitative estimate of drug-likeness (QED) is 0.774. The number of hydrogen-bond donors (Lipinski definition) is 0. The number of ketones is 1. The Morgan fingerprint density at radius 2 is 2.06 bits per heavy atom. The summed E-state index contributed by atoms with van der Waals surface area (Å²) >= 11 is 11.6. The first kappa shape index (κ1) is 11.2. The van der Waals surface area contributed by atoms with Gasteiger partial charge in [0.1, 0.15) is 0 Å². The molecule has 1 aromatic heterocycles. The molecule has 16 heavy (non-hydrogen) atoms. The largest absolute Gasteiger partial charge is 0.289 e. The van der Waals surface area contributed by atoms with Crippen LogP contribution in [0.3, 0.4) is 0 Å². The average Bonchev–Trinajstić information content (AvgIpc) is 2.23. The first-order valence-electron chi connectivity index (χ1n) is 4.50. The predicted molar refractivity (Wildman–Crippen MR) is 59.9 cm³/mol. The van der Waals surface area contributed by atoms with Gasteiger partial charge in [0.2, 0.25) is 11.5 Å². The topological polar surface area (TPSA) is 49.9 Å². The van der Waals surface area contributed by atoms with Gasteiger partial charge in [-0.2, -0.15) is 0 Å². The number of pyridine rings is 1. The molecule has 0 N–H and O–H groups in total. The molecule has 1 unspecified atom stereocenters. The van der Waals surface area contributed by atoms with Crippen LogP contribution in [0.4, 0.5) is 0 Å². The average molecular weight is 255 g/mol. The standard InChI is InChI=1S/C11H6Cl2NO2/c12-6-4-8(13)10(14-5-6)7-2-1-3-9(15)11(7)16/h1-5,7H. The Hall–Kier alpha value is -1.32. The molecule has 1 heterocycles. The first-order chi connectivity index (χ1) is 7.59. The zero-order chi connectivity index (χ0) is 11.7. The Labute approximate surface area is 102 Å². The van der Waals surface area contributed by atoms with Crippen molar-refractivity contribution in [3.05, 3.63) is 52.0 Å². The van der Waals surface area contributed by atoms with E-state index in [2.05, 4.69) is 4.98 Å². The van der Waals surface area contributed by atoms with E-state index in [1.54, 1.807) is 6.08 Å². The minimum atomic E-state index is -0.706. The lowest BCUT2D eigenvalue weighted by Crippen LogP contribution is -2.16. The van der Waals surface area contributed by atoms with Crippen LogP contribution in [0.5, 0.6) is 0 Å². The Morgan fingerprint density at radius 3 is 2.75 bits per heavy atom. The summed E-state index contributed by atoms with van der Waals surface area (Å²) in [7, 11) is 0. The van der Waals surface area contributed by atoms with Crippen molar-refractivity contribution in [3.63, 3.8) is 0 Å². The molecule has 0 saturated carbocycles. The molecule has 1 aliphatic rings. The van der Waals surface area contributed by atoms with Crippen LogP contribution in [-0.4, -0.2) is 10.8 Å². The van der Waals surface area contributed by atoms with E-state index < -0.39 is 17.5 Å². The van der Waals surface area contributed by atoms with Crippen LogP contribution in [0.2, 0.25) is 10.0 Å². The smallest absolute Gasteiger partial charge is 0.222 e. The third kappa shape index (κ3) is 1.96. The highest BCUT2D eigenvalue weighted by atomic mass is 35.5. The van der Waals surface area contributed by atoms with Crippen LogP contribution >= 0.6 is 23.2 Å². The van der Waals surface area contributed by atoms with Crippen molar-refractivity contribution in [2.75, 3.05) is 0 Å². The fourth-order valence-electron chi connectivity index (χ4n) is 1.45. The maximum Gasteiger partial charge on any atom is 0.222 e. The Kier molecular flexibility index (Phi) is 2.99. The number of hydrogen-bond acceptors (Lipinski definition) is 2. The molecule has 2 rings (SSSR count). The van der Waals surface area contributed by atoms with E-state index in [0.717, 1.165) is 0 Å². The number of rotatable bonds is 1. The molecule has 0 saturated heterocycles. The number of aromatic nitrogens is 1. The molecule has 81 valence electrons. The van der Waals surface area contributed by atoms with Gasteiger partial charge in [-0.15, -0.1) is 0 Å². The number of Topliss-reactive ketones (excluding diaryl/α,β-unsaturated/α-hetero) is 1. The van der Waals surface area contributed by atoms with Gasteiger partial charge < -0.3 is 0 Å². The number of halogens is 2. The molecule has 1 radical (unpaired) electrons. The van der Waals surface area contributed by atoms with Crippen LogP contribution in [-0.2, 0) is 9.90 Å². The van der Waals surface area contributed by atoms with Gasteiger partial charge >= 0.3 is 0 Å². The fourth-order valence-corrected chi connectivity index (χ4v) is 1.94. The molecule has 3 nitrogen and oxygen atoms in total. The monoisotopic (exact) mass is 254 g/mol. The van der Waals surface area contributed by atoms with E-state index in [1.807, 2.05) is 0 Å². The maximum atomic E-state index is 11.6. The molecule has 1 atom stereocenters. The second-order valence-corrected chi connectivity index (χ2v) is 4.12. The lowest BCUT2D eigenvalue weighted by Gasteiger charge is -2.13. The van der Waals surface area contributed by atoms with Gasteiger partial charge in [0, 0.05) is 6.20 Å². The Bertz CT molecular complexity index is 509. The highest BCUT2D eigenvalue weighted by molar-refractivity contribution is 6.35. The summed E-state index contributed by atoms with van der Waals surface area (Å²) in [5.74, 6) is -1.78. The molecule has 1 aromatic rings. The molecule has 5 heteroatoms. The van der Waals surface area contributed by atoms with Crippen molar-refractivity contribution < 1.29 is 9.90 Å². The third-order valence-electron chi connectivity index (χ3n) is 2.21. The summed E-state index contributed by atoms with van der Waals surface area (Å²) in [5, 5.41) is 11.9. The molecule has 0 fully saturated rings. The Balaban J connectivity index is 2.42. The second kappa shape index (κ2) is 4.28. The highest BCUT2D eigenvalue weighted by Gasteiger charge is 2.27. The zero-order valence-electron chi connectivity index (χ0n) is 7.98. The van der Waals surface area contributed by atoms with Crippen LogP contribution in [0, 0.1) is 0 Å². The van der Waals surface area contributed by atoms with Crippen molar-refractivity contribution in [3.8, 4) is 0 Å². The van der Waals surface area contributed by atoms with Crippen molar-refractivity contribution in [2.45, 2.75) is 5.92 Å². The van der Waals surface area contributed by atoms with E-state index in [1.165, 1.54) is 24.4 Å². The fraction of sp³-hybridized carbons (Fsp3) is 0.0909. The van der Waals surface area contributed by atoms with E-state index >= 15 is 0 Å². The summed E-state index contributed by atoms with van der Waals surface area (Å²) in [4.78, 5) is 15.6. The second-order valence-electron chi connectivity index (χ2n) is 3.28. The van der Waals surface area contributed by atoms with Crippen molar-refractivity contribution >= 4 is 29.0 Å². The summed E-state index contributed by atoms with van der Waals surface area (Å²) in [5.41, 5.74) is 0.355. The van der Waals surface area contributed by atoms with Crippen molar-refractivity contribution in [1.29, 1.82) is 0 Å². The normalized spacial score (nSPS) is 19.8. The summed E-state index contributed by atoms with van der Waals surface area (Å²) in [6.07, 6.45) is 5.74. The summed E-state index contributed by atoms with van der Waals surface area (Å²) in [6.45, 7) is 0. The molecule has 0 spiro atoms. The van der Waals surface area contributed by atoms with Gasteiger partial charge in [-0.25, -0.2) is 0 Å². The minimum absolute atomic E-state index is 0.283. The van der Waals surface area contributed by atoms with Gasteiger partial charge in [-0.3, -0.25) is 14.9 Å². The number of nitrogens with zero attached hydrogens (tertiary/aromatic N) is 1. The lowest BCUT2D eigenvalue weighted by molar-refractivity contribution is -0.119. The maximum absolute atomic E-state index is 11.6. The zero-order valence-corrected chi connectivity index (χ0v) is 9.50. The molecular formula is C11H6Cl2NO2. The van der Waals surface area contributed by atoms with E-state index in [9.17, 15) is 9.90 Å². The molecule has 0 aliphatic heterocycles. The van der Waals surface area contributed by atoms with Gasteiger partial charge in [-0.1, -0.05) is 35.4 Å². The minimum Gasteiger partial charge on any atom is -0.289 e. The van der Waals surface area contributed by atoms with E-state index in [0.29, 0.717) is 10.7 Å². The van der Waals surface area contributed by atoms with Gasteiger partial charge in [-0.05, 0) is 12.1 Å². The van der Waals surface area contributed by atoms with E-state index in [-0.39, 0.29) is 5.02 Å². The van der Waals surface area contributed by atoms with Crippen LogP contribution < -0.4 is 0 Å². The summed E-state index contributed by atoms with van der Waals surface area (Å²) in [6, 6.07) is 1.50. The molecular weight excluding hydrogens is 249 g/mol. The van der Waals surface area contributed by atoms with Gasteiger partial charge in [0.05, 0.1) is 21.7 Å². The Morgan fingerprint density at radius 1 is 1.31 bits per heavy atom. The summed E-state index contributed by atoms with van der Waals surface area (Å²) < 4.78 is 0. The molecule has 0 aromatic carbocycles. The van der Waals surface area contributed by atoms with Crippen LogP contribution in [0.1, 0.15) is 11.6 Å². The van der Waals surface area contributed by atoms with Gasteiger partial charge in [0.25, 0.3) is 0 Å². The van der Waals surface area contributed by atoms with E-state index in [4.69, 9.17) is 23.2 Å². The highest BCUT2D eigenvalue weighted by Crippen LogP contribution is 2.29. The predicted octanol–water partition coefficient (Wildman–Crippen LogP) is 2.93. The van der Waals surface area contributed by atoms with Crippen LogP contribution in [0.25, 0.3) is 0 Å². The molecule has 0 bridgehead atoms.